The summed E-state index contributed by atoms with van der Waals surface area (Å²) >= 11 is 1.62. The number of hydrogen-bond acceptors (Lipinski definition) is 3. The summed E-state index contributed by atoms with van der Waals surface area (Å²) in [5, 5.41) is 0. The highest BCUT2D eigenvalue weighted by Gasteiger charge is 2.13. The summed E-state index contributed by atoms with van der Waals surface area (Å²) in [6, 6.07) is 14.9. The fraction of sp³-hybridized carbons (Fsp3) is 0.133. The molecule has 2 aromatic carbocycles. The van der Waals surface area contributed by atoms with Crippen LogP contribution in [0.4, 0.5) is 0 Å². The number of hydrogen-bond donors (Lipinski definition) is 0. The monoisotopic (exact) mass is 258 g/mol. The second-order valence-corrected chi connectivity index (χ2v) is 4.64. The van der Waals surface area contributed by atoms with Crippen molar-refractivity contribution in [3.63, 3.8) is 0 Å². The first-order chi connectivity index (χ1) is 8.76. The smallest absolute Gasteiger partial charge is 0.196 e. The predicted octanol–water partition coefficient (Wildman–Crippen LogP) is 3.65. The van der Waals surface area contributed by atoms with Crippen molar-refractivity contribution in [1.29, 1.82) is 0 Å². The van der Waals surface area contributed by atoms with Crippen molar-refractivity contribution >= 4 is 17.5 Å². The van der Waals surface area contributed by atoms with Crippen molar-refractivity contribution < 1.29 is 9.53 Å². The van der Waals surface area contributed by atoms with Crippen molar-refractivity contribution in [3.05, 3.63) is 59.7 Å². The zero-order valence-corrected chi connectivity index (χ0v) is 11.2. The van der Waals surface area contributed by atoms with Gasteiger partial charge in [-0.25, -0.2) is 0 Å². The molecule has 0 saturated carbocycles. The van der Waals surface area contributed by atoms with Crippen LogP contribution in [0.1, 0.15) is 15.9 Å². The molecule has 0 aliphatic heterocycles. The molecule has 2 nitrogen and oxygen atoms in total. The van der Waals surface area contributed by atoms with Gasteiger partial charge in [-0.05, 0) is 30.5 Å². The molecule has 0 atom stereocenters. The van der Waals surface area contributed by atoms with Gasteiger partial charge in [-0.3, -0.25) is 4.79 Å². The van der Waals surface area contributed by atoms with Crippen LogP contribution in [-0.4, -0.2) is 19.1 Å². The first-order valence-electron chi connectivity index (χ1n) is 5.58. The molecule has 0 saturated heterocycles. The second kappa shape index (κ2) is 5.74. The van der Waals surface area contributed by atoms with Crippen LogP contribution in [0.25, 0.3) is 0 Å². The van der Waals surface area contributed by atoms with E-state index in [1.165, 1.54) is 0 Å². The number of ether oxygens (including phenoxy) is 1. The Morgan fingerprint density at radius 3 is 2.61 bits per heavy atom. The minimum Gasteiger partial charge on any atom is -0.496 e. The van der Waals surface area contributed by atoms with Crippen molar-refractivity contribution in [1.82, 2.24) is 0 Å². The zero-order chi connectivity index (χ0) is 13.0. The molecule has 0 fully saturated rings. The second-order valence-electron chi connectivity index (χ2n) is 3.76. The average molecular weight is 258 g/mol. The standard InChI is InChI=1S/C15H14O2S/c1-17-14-9-4-3-8-13(14)15(16)11-6-5-7-12(10-11)18-2/h3-10H,1-2H3. The Hall–Kier alpha value is -1.74. The molecule has 3 heteroatoms. The molecule has 0 amide bonds. The molecular formula is C15H14O2S. The number of methoxy groups -OCH3 is 1. The minimum absolute atomic E-state index is 0.0108. The lowest BCUT2D eigenvalue weighted by atomic mass is 10.0. The summed E-state index contributed by atoms with van der Waals surface area (Å²) in [4.78, 5) is 13.5. The number of para-hydroxylation sites is 1. The van der Waals surface area contributed by atoms with Crippen molar-refractivity contribution in [3.8, 4) is 5.75 Å². The van der Waals surface area contributed by atoms with E-state index in [9.17, 15) is 4.79 Å². The third-order valence-electron chi connectivity index (χ3n) is 2.68. The van der Waals surface area contributed by atoms with Gasteiger partial charge in [-0.15, -0.1) is 11.8 Å². The third kappa shape index (κ3) is 2.57. The van der Waals surface area contributed by atoms with Crippen molar-refractivity contribution in [2.24, 2.45) is 0 Å². The van der Waals surface area contributed by atoms with E-state index in [4.69, 9.17) is 4.74 Å². The average Bonchev–Trinajstić information content (AvgIpc) is 2.46. The number of benzene rings is 2. The molecule has 2 rings (SSSR count). The highest BCUT2D eigenvalue weighted by molar-refractivity contribution is 7.98. The summed E-state index contributed by atoms with van der Waals surface area (Å²) in [5.41, 5.74) is 1.28. The molecule has 0 spiro atoms. The summed E-state index contributed by atoms with van der Waals surface area (Å²) in [6.45, 7) is 0. The van der Waals surface area contributed by atoms with E-state index in [0.717, 1.165) is 4.90 Å². The minimum atomic E-state index is -0.0108. The Kier molecular flexibility index (Phi) is 4.05. The van der Waals surface area contributed by atoms with Crippen LogP contribution in [0.3, 0.4) is 0 Å². The quantitative estimate of drug-likeness (QED) is 0.618. The van der Waals surface area contributed by atoms with Gasteiger partial charge in [0.25, 0.3) is 0 Å². The van der Waals surface area contributed by atoms with E-state index < -0.39 is 0 Å². The zero-order valence-electron chi connectivity index (χ0n) is 10.3. The van der Waals surface area contributed by atoms with Gasteiger partial charge in [0, 0.05) is 10.5 Å². The fourth-order valence-electron chi connectivity index (χ4n) is 1.75. The number of carbonyl (C=O) groups is 1. The van der Waals surface area contributed by atoms with Gasteiger partial charge in [-0.2, -0.15) is 0 Å². The molecule has 0 aliphatic rings. The molecule has 18 heavy (non-hydrogen) atoms. The lowest BCUT2D eigenvalue weighted by molar-refractivity contribution is 0.103. The normalized spacial score (nSPS) is 10.1. The Morgan fingerprint density at radius 2 is 1.89 bits per heavy atom. The van der Waals surface area contributed by atoms with Gasteiger partial charge in [0.2, 0.25) is 0 Å². The van der Waals surface area contributed by atoms with Crippen LogP contribution in [0.15, 0.2) is 53.4 Å². The van der Waals surface area contributed by atoms with Crippen molar-refractivity contribution in [2.75, 3.05) is 13.4 Å². The van der Waals surface area contributed by atoms with Gasteiger partial charge in [0.15, 0.2) is 5.78 Å². The first-order valence-corrected chi connectivity index (χ1v) is 6.80. The highest BCUT2D eigenvalue weighted by atomic mass is 32.2. The van der Waals surface area contributed by atoms with Crippen LogP contribution in [0.5, 0.6) is 5.75 Å². The summed E-state index contributed by atoms with van der Waals surface area (Å²) in [6.07, 6.45) is 1.99. The largest absolute Gasteiger partial charge is 0.496 e. The topological polar surface area (TPSA) is 26.3 Å². The van der Waals surface area contributed by atoms with E-state index >= 15 is 0 Å². The maximum Gasteiger partial charge on any atom is 0.196 e. The van der Waals surface area contributed by atoms with Gasteiger partial charge >= 0.3 is 0 Å². The molecule has 92 valence electrons. The van der Waals surface area contributed by atoms with Gasteiger partial charge in [-0.1, -0.05) is 24.3 Å². The van der Waals surface area contributed by atoms with Gasteiger partial charge < -0.3 is 4.74 Å². The van der Waals surface area contributed by atoms with Gasteiger partial charge in [0.05, 0.1) is 12.7 Å². The molecule has 0 heterocycles. The third-order valence-corrected chi connectivity index (χ3v) is 3.41. The van der Waals surface area contributed by atoms with E-state index in [1.807, 2.05) is 42.7 Å². The van der Waals surface area contributed by atoms with Crippen molar-refractivity contribution in [2.45, 2.75) is 4.90 Å². The van der Waals surface area contributed by atoms with Gasteiger partial charge in [0.1, 0.15) is 5.75 Å². The molecule has 0 aliphatic carbocycles. The molecule has 0 radical (unpaired) electrons. The maximum absolute atomic E-state index is 12.4. The fourth-order valence-corrected chi connectivity index (χ4v) is 2.21. The highest BCUT2D eigenvalue weighted by Crippen LogP contribution is 2.23. The molecule has 0 bridgehead atoms. The van der Waals surface area contributed by atoms with E-state index in [2.05, 4.69) is 0 Å². The molecule has 0 N–H and O–H groups in total. The summed E-state index contributed by atoms with van der Waals surface area (Å²) in [7, 11) is 1.57. The number of carbonyl (C=O) groups excluding carboxylic acids is 1. The van der Waals surface area contributed by atoms with Crippen LogP contribution in [0, 0.1) is 0 Å². The van der Waals surface area contributed by atoms with Crippen LogP contribution >= 0.6 is 11.8 Å². The number of thioether (sulfide) groups is 1. The predicted molar refractivity (Wildman–Crippen MR) is 74.6 cm³/mol. The lowest BCUT2D eigenvalue weighted by Crippen LogP contribution is -2.03. The molecular weight excluding hydrogens is 244 g/mol. The molecule has 2 aromatic rings. The maximum atomic E-state index is 12.4. The number of rotatable bonds is 4. The lowest BCUT2D eigenvalue weighted by Gasteiger charge is -2.07. The molecule has 0 aromatic heterocycles. The van der Waals surface area contributed by atoms with Crippen LogP contribution < -0.4 is 4.74 Å². The SMILES string of the molecule is COc1ccccc1C(=O)c1cccc(SC)c1. The Labute approximate surface area is 111 Å². The first kappa shape index (κ1) is 12.7. The Bertz CT molecular complexity index is 564. The van der Waals surface area contributed by atoms with Crippen LogP contribution in [-0.2, 0) is 0 Å². The number of ketones is 1. The Balaban J connectivity index is 2.41. The Morgan fingerprint density at radius 1 is 1.11 bits per heavy atom. The molecule has 0 unspecified atom stereocenters. The summed E-state index contributed by atoms with van der Waals surface area (Å²) in [5.74, 6) is 0.598. The van der Waals surface area contributed by atoms with E-state index in [1.54, 1.807) is 31.0 Å². The summed E-state index contributed by atoms with van der Waals surface area (Å²) < 4.78 is 5.22. The van der Waals surface area contributed by atoms with E-state index in [0.29, 0.717) is 16.9 Å². The van der Waals surface area contributed by atoms with E-state index in [-0.39, 0.29) is 5.78 Å². The van der Waals surface area contributed by atoms with Crippen LogP contribution in [0.2, 0.25) is 0 Å².